The average Bonchev–Trinajstić information content (AvgIpc) is 3.35. The zero-order valence-corrected chi connectivity index (χ0v) is 19.2. The predicted molar refractivity (Wildman–Crippen MR) is 124 cm³/mol. The Balaban J connectivity index is 1.65. The van der Waals surface area contributed by atoms with Gasteiger partial charge >= 0.3 is 0 Å². The molecule has 0 aliphatic rings. The highest BCUT2D eigenvalue weighted by Crippen LogP contribution is 2.30. The van der Waals surface area contributed by atoms with E-state index in [-0.39, 0.29) is 11.4 Å². The van der Waals surface area contributed by atoms with Gasteiger partial charge in [-0.05, 0) is 31.5 Å². The van der Waals surface area contributed by atoms with Crippen molar-refractivity contribution < 1.29 is 22.0 Å². The van der Waals surface area contributed by atoms with Gasteiger partial charge in [-0.1, -0.05) is 6.92 Å². The molecule has 1 aromatic carbocycles. The quantitative estimate of drug-likeness (QED) is 0.347. The number of aromatic amines is 1. The number of benzene rings is 1. The third-order valence-electron chi connectivity index (χ3n) is 4.74. The Hall–Kier alpha value is -3.38. The smallest absolute Gasteiger partial charge is 0.261 e. The zero-order chi connectivity index (χ0) is 23.8. The molecule has 0 aliphatic carbocycles. The summed E-state index contributed by atoms with van der Waals surface area (Å²) < 4.78 is 55.2. The molecular formula is C21H19F2N5O3S2. The first-order valence-electron chi connectivity index (χ1n) is 9.88. The molecule has 0 spiro atoms. The Kier molecular flexibility index (Phi) is 6.13. The molecule has 4 aromatic rings. The summed E-state index contributed by atoms with van der Waals surface area (Å²) in [6, 6.07) is 3.38. The van der Waals surface area contributed by atoms with Crippen LogP contribution < -0.4 is 10.0 Å². The van der Waals surface area contributed by atoms with Crippen LogP contribution in [0.3, 0.4) is 0 Å². The lowest BCUT2D eigenvalue weighted by molar-refractivity contribution is 0.101. The van der Waals surface area contributed by atoms with E-state index in [0.29, 0.717) is 17.5 Å². The van der Waals surface area contributed by atoms with Gasteiger partial charge in [0.2, 0.25) is 10.0 Å². The molecule has 33 heavy (non-hydrogen) atoms. The van der Waals surface area contributed by atoms with E-state index >= 15 is 0 Å². The summed E-state index contributed by atoms with van der Waals surface area (Å²) in [5.41, 5.74) is 0.849. The van der Waals surface area contributed by atoms with Crippen molar-refractivity contribution in [2.24, 2.45) is 0 Å². The van der Waals surface area contributed by atoms with E-state index in [1.54, 1.807) is 19.2 Å². The van der Waals surface area contributed by atoms with Crippen LogP contribution in [0.5, 0.6) is 0 Å². The molecule has 0 bridgehead atoms. The number of hydrogen-bond acceptors (Lipinski definition) is 6. The van der Waals surface area contributed by atoms with E-state index in [1.165, 1.54) is 17.5 Å². The number of hydrogen-bond donors (Lipinski definition) is 3. The SMILES string of the molecule is CCCS(=O)(=O)Nc1ccc(F)c(C(=O)Nc2cnc3[nH]cc(-c4csc(C)n4)c3c2)c1F. The standard InChI is InChI=1S/C21H19F2N5O3S2/c1-3-6-33(30,31)28-16-5-4-15(22)18(19(16)23)21(29)27-12-7-13-14(9-25-20(13)24-8-12)17-10-32-11(2)26-17/h4-5,7-10,28H,3,6H2,1-2H3,(H,24,25)(H,27,29). The molecule has 8 nitrogen and oxygen atoms in total. The largest absolute Gasteiger partial charge is 0.345 e. The van der Waals surface area contributed by atoms with Gasteiger partial charge in [-0.15, -0.1) is 11.3 Å². The Morgan fingerprint density at radius 3 is 2.76 bits per heavy atom. The monoisotopic (exact) mass is 491 g/mol. The summed E-state index contributed by atoms with van der Waals surface area (Å²) in [7, 11) is -3.83. The van der Waals surface area contributed by atoms with E-state index < -0.39 is 38.8 Å². The van der Waals surface area contributed by atoms with Gasteiger partial charge < -0.3 is 10.3 Å². The summed E-state index contributed by atoms with van der Waals surface area (Å²) >= 11 is 1.49. The highest BCUT2D eigenvalue weighted by atomic mass is 32.2. The van der Waals surface area contributed by atoms with Crippen LogP contribution in [-0.2, 0) is 10.0 Å². The van der Waals surface area contributed by atoms with Crippen molar-refractivity contribution >= 4 is 49.7 Å². The maximum absolute atomic E-state index is 14.9. The van der Waals surface area contributed by atoms with Gasteiger partial charge in [-0.2, -0.15) is 0 Å². The fourth-order valence-electron chi connectivity index (χ4n) is 3.29. The summed E-state index contributed by atoms with van der Waals surface area (Å²) in [6.07, 6.45) is 3.39. The Bertz CT molecular complexity index is 1460. The zero-order valence-electron chi connectivity index (χ0n) is 17.6. The van der Waals surface area contributed by atoms with Gasteiger partial charge in [0, 0.05) is 22.5 Å². The van der Waals surface area contributed by atoms with Gasteiger partial charge in [0.05, 0.1) is 34.0 Å². The summed E-state index contributed by atoms with van der Waals surface area (Å²) in [5.74, 6) is -3.75. The van der Waals surface area contributed by atoms with Crippen LogP contribution in [0.1, 0.15) is 28.7 Å². The van der Waals surface area contributed by atoms with Crippen LogP contribution in [0.15, 0.2) is 36.0 Å². The highest BCUT2D eigenvalue weighted by Gasteiger charge is 2.23. The number of carbonyl (C=O) groups is 1. The van der Waals surface area contributed by atoms with Crippen LogP contribution in [0, 0.1) is 18.6 Å². The second kappa shape index (κ2) is 8.87. The Morgan fingerprint density at radius 1 is 1.27 bits per heavy atom. The third kappa shape index (κ3) is 4.71. The average molecular weight is 492 g/mol. The van der Waals surface area contributed by atoms with Crippen LogP contribution in [0.25, 0.3) is 22.3 Å². The number of sulfonamides is 1. The molecule has 0 unspecified atom stereocenters. The van der Waals surface area contributed by atoms with E-state index in [2.05, 4.69) is 25.0 Å². The number of nitrogens with one attached hydrogen (secondary N) is 3. The number of aryl methyl sites for hydroxylation is 1. The maximum Gasteiger partial charge on any atom is 0.261 e. The third-order valence-corrected chi connectivity index (χ3v) is 6.99. The van der Waals surface area contributed by atoms with Crippen LogP contribution in [-0.4, -0.2) is 35.0 Å². The lowest BCUT2D eigenvalue weighted by atomic mass is 10.1. The topological polar surface area (TPSA) is 117 Å². The minimum atomic E-state index is -3.83. The molecule has 0 fully saturated rings. The van der Waals surface area contributed by atoms with Crippen molar-refractivity contribution in [3.8, 4) is 11.3 Å². The van der Waals surface area contributed by atoms with Crippen LogP contribution in [0.2, 0.25) is 0 Å². The van der Waals surface area contributed by atoms with Gasteiger partial charge in [0.1, 0.15) is 17.0 Å². The number of thiazole rings is 1. The number of pyridine rings is 1. The lowest BCUT2D eigenvalue weighted by Crippen LogP contribution is -2.20. The second-order valence-corrected chi connectivity index (χ2v) is 10.1. The van der Waals surface area contributed by atoms with Gasteiger partial charge in [-0.25, -0.2) is 27.2 Å². The van der Waals surface area contributed by atoms with E-state index in [9.17, 15) is 22.0 Å². The number of H-pyrrole nitrogens is 1. The molecule has 3 aromatic heterocycles. The number of halogens is 2. The van der Waals surface area contributed by atoms with E-state index in [0.717, 1.165) is 28.4 Å². The minimum Gasteiger partial charge on any atom is -0.345 e. The van der Waals surface area contributed by atoms with E-state index in [1.807, 2.05) is 12.3 Å². The fraction of sp³-hybridized carbons (Fsp3) is 0.190. The molecule has 0 saturated carbocycles. The number of aromatic nitrogens is 3. The van der Waals surface area contributed by atoms with E-state index in [4.69, 9.17) is 0 Å². The molecule has 3 heterocycles. The maximum atomic E-state index is 14.9. The number of nitrogens with zero attached hydrogens (tertiary/aromatic N) is 2. The normalized spacial score (nSPS) is 11.6. The first-order valence-corrected chi connectivity index (χ1v) is 12.4. The number of rotatable bonds is 7. The highest BCUT2D eigenvalue weighted by molar-refractivity contribution is 7.92. The van der Waals surface area contributed by atoms with Crippen molar-refractivity contribution in [1.29, 1.82) is 0 Å². The van der Waals surface area contributed by atoms with Gasteiger partial charge in [0.15, 0.2) is 5.82 Å². The molecule has 0 atom stereocenters. The molecule has 172 valence electrons. The lowest BCUT2D eigenvalue weighted by Gasteiger charge is -2.12. The number of anilines is 2. The predicted octanol–water partition coefficient (Wildman–Crippen LogP) is 4.68. The number of amides is 1. The van der Waals surface area contributed by atoms with Crippen molar-refractivity contribution in [2.45, 2.75) is 20.3 Å². The minimum absolute atomic E-state index is 0.205. The molecule has 3 N–H and O–H groups in total. The first kappa shape index (κ1) is 22.8. The Morgan fingerprint density at radius 2 is 2.06 bits per heavy atom. The van der Waals surface area contributed by atoms with Crippen molar-refractivity contribution in [2.75, 3.05) is 15.8 Å². The van der Waals surface area contributed by atoms with Gasteiger partial charge in [0.25, 0.3) is 5.91 Å². The fourth-order valence-corrected chi connectivity index (χ4v) is 5.04. The molecular weight excluding hydrogens is 472 g/mol. The van der Waals surface area contributed by atoms with Crippen molar-refractivity contribution in [3.63, 3.8) is 0 Å². The molecule has 0 radical (unpaired) electrons. The summed E-state index contributed by atoms with van der Waals surface area (Å²) in [4.78, 5) is 24.4. The molecule has 0 aliphatic heterocycles. The molecule has 4 rings (SSSR count). The van der Waals surface area contributed by atoms with Crippen molar-refractivity contribution in [3.05, 3.63) is 58.2 Å². The number of fused-ring (bicyclic) bond motifs is 1. The van der Waals surface area contributed by atoms with Crippen LogP contribution >= 0.6 is 11.3 Å². The molecule has 1 amide bonds. The number of carbonyl (C=O) groups excluding carboxylic acids is 1. The first-order chi connectivity index (χ1) is 15.7. The van der Waals surface area contributed by atoms with Crippen LogP contribution in [0.4, 0.5) is 20.2 Å². The molecule has 12 heteroatoms. The Labute approximate surface area is 192 Å². The summed E-state index contributed by atoms with van der Waals surface area (Å²) in [5, 5.41) is 5.87. The van der Waals surface area contributed by atoms with Gasteiger partial charge in [-0.3, -0.25) is 9.52 Å². The molecule has 0 saturated heterocycles. The summed E-state index contributed by atoms with van der Waals surface area (Å²) in [6.45, 7) is 3.53. The second-order valence-electron chi connectivity index (χ2n) is 7.23. The van der Waals surface area contributed by atoms with Crippen molar-refractivity contribution in [1.82, 2.24) is 15.0 Å².